The number of hydrogen-bond acceptors (Lipinski definition) is 1. The van der Waals surface area contributed by atoms with Crippen molar-refractivity contribution < 1.29 is 13.6 Å². The predicted molar refractivity (Wildman–Crippen MR) is 122 cm³/mol. The summed E-state index contributed by atoms with van der Waals surface area (Å²) >= 11 is 0. The molecule has 4 rings (SSSR count). The summed E-state index contributed by atoms with van der Waals surface area (Å²) in [6.07, 6.45) is 0. The number of carbonyl (C=O) groups excluding carboxylic acids is 1. The molecule has 0 amide bonds. The van der Waals surface area contributed by atoms with Gasteiger partial charge in [-0.2, -0.15) is 0 Å². The van der Waals surface area contributed by atoms with Crippen LogP contribution in [0.3, 0.4) is 0 Å². The number of Topliss-reactive ketones (excluding diaryl/α,β-unsaturated/α-hetero) is 1. The van der Waals surface area contributed by atoms with E-state index in [0.717, 1.165) is 22.3 Å². The van der Waals surface area contributed by atoms with Gasteiger partial charge >= 0.3 is 0 Å². The fourth-order valence-corrected chi connectivity index (χ4v) is 3.07. The van der Waals surface area contributed by atoms with Crippen molar-refractivity contribution in [3.05, 3.63) is 120 Å². The molecule has 4 aromatic rings. The van der Waals surface area contributed by atoms with Gasteiger partial charge in [0.25, 0.3) is 5.78 Å². The monoisotopic (exact) mass is 418 g/mol. The molecule has 0 saturated heterocycles. The van der Waals surface area contributed by atoms with E-state index in [2.05, 4.69) is 23.7 Å². The molecule has 0 saturated carbocycles. The minimum atomic E-state index is -0.477. The maximum Gasteiger partial charge on any atom is 0.279 e. The number of ketones is 1. The molecule has 0 atom stereocenters. The third-order valence-electron chi connectivity index (χ3n) is 4.77. The van der Waals surface area contributed by atoms with Crippen molar-refractivity contribution in [2.45, 2.75) is 0 Å². The van der Waals surface area contributed by atoms with Crippen LogP contribution in [0.15, 0.2) is 97.1 Å². The summed E-state index contributed by atoms with van der Waals surface area (Å²) in [7, 11) is 0. The number of rotatable bonds is 2. The van der Waals surface area contributed by atoms with Crippen molar-refractivity contribution in [2.75, 3.05) is 0 Å². The predicted octanol–water partition coefficient (Wildman–Crippen LogP) is 6.27. The van der Waals surface area contributed by atoms with Crippen molar-refractivity contribution in [3.8, 4) is 45.9 Å². The molecule has 0 N–H and O–H groups in total. The summed E-state index contributed by atoms with van der Waals surface area (Å²) in [5.41, 5.74) is 5.05. The molecule has 32 heavy (non-hydrogen) atoms. The summed E-state index contributed by atoms with van der Waals surface area (Å²) in [5.74, 6) is 9.65. The summed E-state index contributed by atoms with van der Waals surface area (Å²) in [6, 6.07) is 27.2. The van der Waals surface area contributed by atoms with E-state index in [-0.39, 0.29) is 11.6 Å². The maximum absolute atomic E-state index is 13.0. The Morgan fingerprint density at radius 2 is 0.750 bits per heavy atom. The Labute approximate surface area is 185 Å². The van der Waals surface area contributed by atoms with E-state index in [9.17, 15) is 13.6 Å². The minimum absolute atomic E-state index is 0.278. The molecule has 0 radical (unpaired) electrons. The Balaban J connectivity index is 1.40. The van der Waals surface area contributed by atoms with Crippen molar-refractivity contribution in [1.29, 1.82) is 0 Å². The molecule has 0 aliphatic rings. The Hall–Kier alpha value is -4.47. The van der Waals surface area contributed by atoms with Gasteiger partial charge in [0.15, 0.2) is 0 Å². The summed E-state index contributed by atoms with van der Waals surface area (Å²) in [5, 5.41) is 0. The highest BCUT2D eigenvalue weighted by Gasteiger charge is 1.99. The van der Waals surface area contributed by atoms with Gasteiger partial charge in [0.05, 0.1) is 0 Å². The Bertz CT molecular complexity index is 1250. The standard InChI is InChI=1S/C29H16F2O/c30-27-15-11-25(12-16-27)23-7-1-21(2-8-23)5-19-29(32)20-6-22-3-9-24(10-4-22)26-13-17-28(31)18-14-26/h1-4,7-18H. The van der Waals surface area contributed by atoms with E-state index in [1.165, 1.54) is 24.3 Å². The quantitative estimate of drug-likeness (QED) is 0.351. The first-order valence-corrected chi connectivity index (χ1v) is 9.87. The van der Waals surface area contributed by atoms with Gasteiger partial charge in [0.2, 0.25) is 0 Å². The van der Waals surface area contributed by atoms with E-state index in [1.54, 1.807) is 48.5 Å². The van der Waals surface area contributed by atoms with Crippen LogP contribution in [0.25, 0.3) is 22.3 Å². The molecule has 0 heterocycles. The third kappa shape index (κ3) is 5.36. The second-order valence-corrected chi connectivity index (χ2v) is 7.00. The first-order chi connectivity index (χ1) is 15.6. The first kappa shape index (κ1) is 20.8. The number of benzene rings is 4. The largest absolute Gasteiger partial charge is 0.279 e. The molecule has 0 fully saturated rings. The van der Waals surface area contributed by atoms with Gasteiger partial charge in [-0.1, -0.05) is 60.4 Å². The van der Waals surface area contributed by atoms with Crippen molar-refractivity contribution in [1.82, 2.24) is 0 Å². The van der Waals surface area contributed by atoms with Gasteiger partial charge < -0.3 is 0 Å². The van der Waals surface area contributed by atoms with Crippen LogP contribution in [0.5, 0.6) is 0 Å². The van der Waals surface area contributed by atoms with Crippen LogP contribution in [0.2, 0.25) is 0 Å². The summed E-state index contributed by atoms with van der Waals surface area (Å²) < 4.78 is 26.1. The van der Waals surface area contributed by atoms with E-state index >= 15 is 0 Å². The lowest BCUT2D eigenvalue weighted by molar-refractivity contribution is -0.108. The number of carbonyl (C=O) groups is 1. The zero-order valence-electron chi connectivity index (χ0n) is 16.9. The molecule has 3 heteroatoms. The average molecular weight is 418 g/mol. The molecule has 1 nitrogen and oxygen atoms in total. The van der Waals surface area contributed by atoms with E-state index < -0.39 is 5.78 Å². The van der Waals surface area contributed by atoms with Crippen LogP contribution in [0, 0.1) is 35.3 Å². The van der Waals surface area contributed by atoms with Gasteiger partial charge in [0.1, 0.15) is 11.6 Å². The van der Waals surface area contributed by atoms with Gasteiger partial charge in [-0.25, -0.2) is 8.78 Å². The first-order valence-electron chi connectivity index (χ1n) is 9.87. The van der Waals surface area contributed by atoms with Gasteiger partial charge in [-0.15, -0.1) is 0 Å². The molecule has 0 spiro atoms. The van der Waals surface area contributed by atoms with Gasteiger partial charge in [-0.05, 0) is 82.6 Å². The van der Waals surface area contributed by atoms with Gasteiger partial charge in [-0.3, -0.25) is 4.79 Å². The normalized spacial score (nSPS) is 9.81. The molecular formula is C29H16F2O. The molecule has 4 aromatic carbocycles. The molecular weight excluding hydrogens is 402 g/mol. The average Bonchev–Trinajstić information content (AvgIpc) is 2.83. The molecule has 0 aliphatic carbocycles. The fraction of sp³-hybridized carbons (Fsp3) is 0. The zero-order chi connectivity index (χ0) is 22.3. The SMILES string of the molecule is O=C(C#Cc1ccc(-c2ccc(F)cc2)cc1)C#Cc1ccc(-c2ccc(F)cc2)cc1. The molecule has 0 unspecified atom stereocenters. The van der Waals surface area contributed by atoms with Crippen molar-refractivity contribution in [2.24, 2.45) is 0 Å². The van der Waals surface area contributed by atoms with Crippen molar-refractivity contribution in [3.63, 3.8) is 0 Å². The van der Waals surface area contributed by atoms with Crippen LogP contribution in [0.1, 0.15) is 11.1 Å². The van der Waals surface area contributed by atoms with Gasteiger partial charge in [0, 0.05) is 11.1 Å². The summed E-state index contributed by atoms with van der Waals surface area (Å²) in [4.78, 5) is 12.0. The second-order valence-electron chi connectivity index (χ2n) is 7.00. The molecule has 0 aromatic heterocycles. The number of halogens is 2. The van der Waals surface area contributed by atoms with E-state index in [1.807, 2.05) is 24.3 Å². The fourth-order valence-electron chi connectivity index (χ4n) is 3.07. The van der Waals surface area contributed by atoms with E-state index in [4.69, 9.17) is 0 Å². The zero-order valence-corrected chi connectivity index (χ0v) is 16.9. The smallest absolute Gasteiger partial charge is 0.270 e. The van der Waals surface area contributed by atoms with Crippen LogP contribution in [0.4, 0.5) is 8.78 Å². The molecule has 0 aliphatic heterocycles. The highest BCUT2D eigenvalue weighted by Crippen LogP contribution is 2.21. The minimum Gasteiger partial charge on any atom is -0.270 e. The maximum atomic E-state index is 13.0. The summed E-state index contributed by atoms with van der Waals surface area (Å²) in [6.45, 7) is 0. The third-order valence-corrected chi connectivity index (χ3v) is 4.77. The lowest BCUT2D eigenvalue weighted by Gasteiger charge is -2.01. The van der Waals surface area contributed by atoms with Crippen LogP contribution >= 0.6 is 0 Å². The van der Waals surface area contributed by atoms with Crippen LogP contribution in [-0.2, 0) is 4.79 Å². The molecule has 0 bridgehead atoms. The topological polar surface area (TPSA) is 17.1 Å². The number of hydrogen-bond donors (Lipinski definition) is 0. The lowest BCUT2D eigenvalue weighted by atomic mass is 10.0. The van der Waals surface area contributed by atoms with E-state index in [0.29, 0.717) is 11.1 Å². The molecule has 152 valence electrons. The van der Waals surface area contributed by atoms with Crippen molar-refractivity contribution >= 4 is 5.78 Å². The Morgan fingerprint density at radius 3 is 1.06 bits per heavy atom. The Morgan fingerprint density at radius 1 is 0.469 bits per heavy atom. The highest BCUT2D eigenvalue weighted by molar-refractivity contribution is 6.09. The highest BCUT2D eigenvalue weighted by atomic mass is 19.1. The van der Waals surface area contributed by atoms with Crippen LogP contribution in [-0.4, -0.2) is 5.78 Å². The van der Waals surface area contributed by atoms with Crippen LogP contribution < -0.4 is 0 Å². The lowest BCUT2D eigenvalue weighted by Crippen LogP contribution is -1.88. The Kier molecular flexibility index (Phi) is 6.21. The second kappa shape index (κ2) is 9.56.